The molecule has 1 saturated heterocycles. The molecule has 3 rings (SSSR count). The molecule has 5 nitrogen and oxygen atoms in total. The maximum Gasteiger partial charge on any atom is 0.312 e. The van der Waals surface area contributed by atoms with E-state index in [-0.39, 0.29) is 37.0 Å². The van der Waals surface area contributed by atoms with E-state index in [1.54, 1.807) is 29.2 Å². The van der Waals surface area contributed by atoms with Crippen molar-refractivity contribution in [3.63, 3.8) is 0 Å². The fourth-order valence-electron chi connectivity index (χ4n) is 3.10. The fourth-order valence-corrected chi connectivity index (χ4v) is 3.43. The van der Waals surface area contributed by atoms with Crippen LogP contribution in [0.3, 0.4) is 0 Å². The third-order valence-corrected chi connectivity index (χ3v) is 5.05. The van der Waals surface area contributed by atoms with Gasteiger partial charge >= 0.3 is 5.97 Å². The molecule has 146 valence electrons. The predicted octanol–water partition coefficient (Wildman–Crippen LogP) is 4.12. The molecule has 2 aromatic rings. The summed E-state index contributed by atoms with van der Waals surface area (Å²) in [5.74, 6) is -1.51. The van der Waals surface area contributed by atoms with Gasteiger partial charge < -0.3 is 9.64 Å². The highest BCUT2D eigenvalue weighted by Gasteiger charge is 2.38. The molecule has 0 spiro atoms. The lowest BCUT2D eigenvalue weighted by molar-refractivity contribution is -0.151. The van der Waals surface area contributed by atoms with Crippen LogP contribution in [0.4, 0.5) is 5.69 Å². The quantitative estimate of drug-likeness (QED) is 0.384. The van der Waals surface area contributed by atoms with Crippen LogP contribution in [0, 0.1) is 5.92 Å². The standard InChI is InChI=1S/C21H19Cl2NO4/c22-11-10-18(20(26)14-6-8-16(23)9-7-14)28-21(27)15-12-19(25)24(13-15)17-4-2-1-3-5-17/h1-9,15,18H,10-13H2/t15-,18+/m1/s1. The molecule has 1 fully saturated rings. The summed E-state index contributed by atoms with van der Waals surface area (Å²) >= 11 is 11.6. The number of carbonyl (C=O) groups is 3. The van der Waals surface area contributed by atoms with E-state index in [0.29, 0.717) is 10.6 Å². The second-order valence-electron chi connectivity index (χ2n) is 6.52. The van der Waals surface area contributed by atoms with Gasteiger partial charge in [0, 0.05) is 41.5 Å². The highest BCUT2D eigenvalue weighted by molar-refractivity contribution is 6.30. The zero-order valence-corrected chi connectivity index (χ0v) is 16.5. The van der Waals surface area contributed by atoms with Crippen LogP contribution in [0.1, 0.15) is 23.2 Å². The SMILES string of the molecule is O=C(O[C@@H](CCCl)C(=O)c1ccc(Cl)cc1)[C@@H]1CC(=O)N(c2ccccc2)C1. The normalized spacial score (nSPS) is 17.4. The molecule has 1 amide bonds. The van der Waals surface area contributed by atoms with Gasteiger partial charge in [-0.25, -0.2) is 0 Å². The van der Waals surface area contributed by atoms with Gasteiger partial charge in [0.05, 0.1) is 5.92 Å². The van der Waals surface area contributed by atoms with Gasteiger partial charge in [-0.05, 0) is 36.4 Å². The van der Waals surface area contributed by atoms with Crippen LogP contribution in [0.25, 0.3) is 0 Å². The highest BCUT2D eigenvalue weighted by atomic mass is 35.5. The number of hydrogen-bond donors (Lipinski definition) is 0. The Morgan fingerprint density at radius 3 is 2.43 bits per heavy atom. The molecule has 0 N–H and O–H groups in total. The molecule has 1 heterocycles. The van der Waals surface area contributed by atoms with Gasteiger partial charge in [0.25, 0.3) is 0 Å². The fraction of sp³-hybridized carbons (Fsp3) is 0.286. The number of ether oxygens (including phenoxy) is 1. The highest BCUT2D eigenvalue weighted by Crippen LogP contribution is 2.26. The van der Waals surface area contributed by atoms with E-state index in [9.17, 15) is 14.4 Å². The molecule has 28 heavy (non-hydrogen) atoms. The van der Waals surface area contributed by atoms with Crippen molar-refractivity contribution in [1.29, 1.82) is 0 Å². The molecule has 2 aromatic carbocycles. The van der Waals surface area contributed by atoms with Crippen LogP contribution >= 0.6 is 23.2 Å². The monoisotopic (exact) mass is 419 g/mol. The zero-order valence-electron chi connectivity index (χ0n) is 15.0. The van der Waals surface area contributed by atoms with Crippen molar-refractivity contribution in [3.8, 4) is 0 Å². The average Bonchev–Trinajstić information content (AvgIpc) is 3.10. The van der Waals surface area contributed by atoms with Crippen LogP contribution in [-0.4, -0.2) is 36.2 Å². The number of esters is 1. The Balaban J connectivity index is 1.68. The van der Waals surface area contributed by atoms with Crippen molar-refractivity contribution >= 4 is 46.5 Å². The van der Waals surface area contributed by atoms with Crippen molar-refractivity contribution in [3.05, 3.63) is 65.2 Å². The predicted molar refractivity (Wildman–Crippen MR) is 108 cm³/mol. The molecule has 0 saturated carbocycles. The maximum atomic E-state index is 12.7. The van der Waals surface area contributed by atoms with Crippen molar-refractivity contribution in [1.82, 2.24) is 0 Å². The smallest absolute Gasteiger partial charge is 0.312 e. The van der Waals surface area contributed by atoms with E-state index in [0.717, 1.165) is 5.69 Å². The second-order valence-corrected chi connectivity index (χ2v) is 7.33. The first kappa shape index (κ1) is 20.4. The largest absolute Gasteiger partial charge is 0.454 e. The number of para-hydroxylation sites is 1. The molecule has 0 aromatic heterocycles. The Morgan fingerprint density at radius 2 is 1.79 bits per heavy atom. The summed E-state index contributed by atoms with van der Waals surface area (Å²) in [6.45, 7) is 0.227. The molecule has 0 radical (unpaired) electrons. The number of alkyl halides is 1. The van der Waals surface area contributed by atoms with E-state index in [1.807, 2.05) is 30.3 Å². The lowest BCUT2D eigenvalue weighted by Gasteiger charge is -2.19. The first-order chi connectivity index (χ1) is 13.5. The van der Waals surface area contributed by atoms with Crippen molar-refractivity contribution in [2.75, 3.05) is 17.3 Å². The van der Waals surface area contributed by atoms with Crippen LogP contribution in [0.15, 0.2) is 54.6 Å². The number of benzene rings is 2. The molecular weight excluding hydrogens is 401 g/mol. The van der Waals surface area contributed by atoms with Crippen LogP contribution in [-0.2, 0) is 14.3 Å². The number of rotatable bonds is 7. The summed E-state index contributed by atoms with van der Waals surface area (Å²) in [6.07, 6.45) is -0.749. The van der Waals surface area contributed by atoms with Crippen LogP contribution in [0.5, 0.6) is 0 Å². The third-order valence-electron chi connectivity index (χ3n) is 4.58. The summed E-state index contributed by atoms with van der Waals surface area (Å²) in [7, 11) is 0. The minimum absolute atomic E-state index is 0.0520. The van der Waals surface area contributed by atoms with Gasteiger partial charge in [-0.2, -0.15) is 0 Å². The number of nitrogens with zero attached hydrogens (tertiary/aromatic N) is 1. The summed E-state index contributed by atoms with van der Waals surface area (Å²) in [5, 5.41) is 0.507. The molecule has 0 bridgehead atoms. The third kappa shape index (κ3) is 4.72. The van der Waals surface area contributed by atoms with Crippen molar-refractivity contribution in [2.45, 2.75) is 18.9 Å². The molecule has 7 heteroatoms. The Kier molecular flexibility index (Phi) is 6.70. The van der Waals surface area contributed by atoms with Crippen molar-refractivity contribution in [2.24, 2.45) is 5.92 Å². The van der Waals surface area contributed by atoms with E-state index < -0.39 is 18.0 Å². The number of carbonyl (C=O) groups excluding carboxylic acids is 3. The number of ketones is 1. The Labute approximate surface area is 173 Å². The summed E-state index contributed by atoms with van der Waals surface area (Å²) in [4.78, 5) is 39.2. The number of Topliss-reactive ketones (excluding diaryl/α,β-unsaturated/α-hetero) is 1. The summed E-state index contributed by atoms with van der Waals surface area (Å²) in [6, 6.07) is 15.5. The zero-order chi connectivity index (χ0) is 20.1. The lowest BCUT2D eigenvalue weighted by atomic mass is 10.0. The summed E-state index contributed by atoms with van der Waals surface area (Å²) in [5.41, 5.74) is 1.12. The first-order valence-corrected chi connectivity index (χ1v) is 9.82. The molecule has 1 aliphatic rings. The van der Waals surface area contributed by atoms with E-state index in [2.05, 4.69) is 0 Å². The van der Waals surface area contributed by atoms with E-state index in [1.165, 1.54) is 0 Å². The first-order valence-electron chi connectivity index (χ1n) is 8.91. The number of amides is 1. The van der Waals surface area contributed by atoms with Crippen LogP contribution < -0.4 is 4.90 Å². The lowest BCUT2D eigenvalue weighted by Crippen LogP contribution is -2.32. The Morgan fingerprint density at radius 1 is 1.11 bits per heavy atom. The van der Waals surface area contributed by atoms with Gasteiger partial charge in [-0.15, -0.1) is 11.6 Å². The minimum Gasteiger partial charge on any atom is -0.454 e. The summed E-state index contributed by atoms with van der Waals surface area (Å²) < 4.78 is 5.47. The van der Waals surface area contributed by atoms with Gasteiger partial charge in [-0.3, -0.25) is 14.4 Å². The van der Waals surface area contributed by atoms with E-state index in [4.69, 9.17) is 27.9 Å². The Hall–Kier alpha value is -2.37. The minimum atomic E-state index is -0.993. The molecule has 0 unspecified atom stereocenters. The van der Waals surface area contributed by atoms with Crippen LogP contribution in [0.2, 0.25) is 5.02 Å². The second kappa shape index (κ2) is 9.22. The molecular formula is C21H19Cl2NO4. The number of halogens is 2. The van der Waals surface area contributed by atoms with E-state index >= 15 is 0 Å². The topological polar surface area (TPSA) is 63.7 Å². The molecule has 1 aliphatic heterocycles. The Bertz CT molecular complexity index is 854. The van der Waals surface area contributed by atoms with Gasteiger partial charge in [0.2, 0.25) is 11.7 Å². The van der Waals surface area contributed by atoms with Crippen molar-refractivity contribution < 1.29 is 19.1 Å². The van der Waals surface area contributed by atoms with Gasteiger partial charge in [0.15, 0.2) is 6.10 Å². The average molecular weight is 420 g/mol. The number of hydrogen-bond acceptors (Lipinski definition) is 4. The maximum absolute atomic E-state index is 12.7. The molecule has 0 aliphatic carbocycles. The van der Waals surface area contributed by atoms with Gasteiger partial charge in [-0.1, -0.05) is 29.8 Å². The molecule has 2 atom stereocenters. The van der Waals surface area contributed by atoms with Gasteiger partial charge in [0.1, 0.15) is 0 Å². The number of anilines is 1.